The molecule has 1 aromatic carbocycles. The van der Waals surface area contributed by atoms with Crippen LogP contribution in [-0.4, -0.2) is 52.7 Å². The largest absolute Gasteiger partial charge is 0.444 e. The average Bonchev–Trinajstić information content (AvgIpc) is 3.10. The minimum atomic E-state index is -0.485. The van der Waals surface area contributed by atoms with Crippen molar-refractivity contribution in [3.05, 3.63) is 41.8 Å². The summed E-state index contributed by atoms with van der Waals surface area (Å²) in [5.74, 6) is 1.69. The van der Waals surface area contributed by atoms with Crippen molar-refractivity contribution in [1.82, 2.24) is 14.9 Å². The lowest BCUT2D eigenvalue weighted by Crippen LogP contribution is -2.39. The third-order valence-electron chi connectivity index (χ3n) is 4.77. The summed E-state index contributed by atoms with van der Waals surface area (Å²) in [6.45, 7) is 8.54. The number of hydrogen-bond acceptors (Lipinski definition) is 6. The number of carbonyl (C=O) groups excluding carboxylic acids is 1. The first-order valence-electron chi connectivity index (χ1n) is 9.94. The Morgan fingerprint density at radius 1 is 1.03 bits per heavy atom. The van der Waals surface area contributed by atoms with Gasteiger partial charge in [0.05, 0.1) is 10.4 Å². The zero-order valence-electron chi connectivity index (χ0n) is 17.1. The second-order valence-corrected chi connectivity index (χ2v) is 9.12. The highest BCUT2D eigenvalue weighted by Gasteiger charge is 2.25. The Kier molecular flexibility index (Phi) is 5.41. The van der Waals surface area contributed by atoms with Crippen LogP contribution in [0.4, 0.5) is 10.6 Å². The Labute approximate surface area is 175 Å². The Morgan fingerprint density at radius 3 is 2.62 bits per heavy atom. The molecule has 0 spiro atoms. The van der Waals surface area contributed by atoms with Crippen molar-refractivity contribution in [2.24, 2.45) is 0 Å². The fourth-order valence-electron chi connectivity index (χ4n) is 3.46. The lowest BCUT2D eigenvalue weighted by Gasteiger charge is -2.27. The molecule has 1 aliphatic rings. The first-order valence-corrected chi connectivity index (χ1v) is 10.8. The van der Waals surface area contributed by atoms with Gasteiger partial charge in [-0.15, -0.1) is 11.3 Å². The fraction of sp³-hybridized carbons (Fsp3) is 0.409. The number of amides is 1. The van der Waals surface area contributed by atoms with Crippen molar-refractivity contribution in [2.75, 3.05) is 31.1 Å². The maximum atomic E-state index is 12.5. The molecule has 1 fully saturated rings. The molecule has 3 heterocycles. The van der Waals surface area contributed by atoms with Crippen LogP contribution < -0.4 is 4.90 Å². The molecule has 0 N–H and O–H groups in total. The molecule has 7 heteroatoms. The second-order valence-electron chi connectivity index (χ2n) is 8.17. The Morgan fingerprint density at radius 2 is 1.86 bits per heavy atom. The van der Waals surface area contributed by atoms with E-state index in [0.29, 0.717) is 19.6 Å². The number of ether oxygens (including phenoxy) is 1. The highest BCUT2D eigenvalue weighted by molar-refractivity contribution is 7.13. The zero-order chi connectivity index (χ0) is 20.4. The SMILES string of the molecule is CC(C)(C)OC(=O)N1CCCN(c2nc(-c3cccs3)nc3ccccc23)CC1. The van der Waals surface area contributed by atoms with Gasteiger partial charge in [-0.1, -0.05) is 18.2 Å². The molecule has 29 heavy (non-hydrogen) atoms. The number of nitrogens with zero attached hydrogens (tertiary/aromatic N) is 4. The third kappa shape index (κ3) is 4.50. The molecule has 0 bridgehead atoms. The van der Waals surface area contributed by atoms with Gasteiger partial charge in [0, 0.05) is 31.6 Å². The number of fused-ring (bicyclic) bond motifs is 1. The van der Waals surface area contributed by atoms with E-state index in [2.05, 4.69) is 11.0 Å². The molecular formula is C22H26N4O2S. The van der Waals surface area contributed by atoms with Crippen LogP contribution >= 0.6 is 11.3 Å². The smallest absolute Gasteiger partial charge is 0.410 e. The van der Waals surface area contributed by atoms with Crippen LogP contribution in [0.3, 0.4) is 0 Å². The molecule has 0 atom stereocenters. The predicted molar refractivity (Wildman–Crippen MR) is 117 cm³/mol. The van der Waals surface area contributed by atoms with Crippen molar-refractivity contribution in [2.45, 2.75) is 32.8 Å². The van der Waals surface area contributed by atoms with Crippen molar-refractivity contribution < 1.29 is 9.53 Å². The monoisotopic (exact) mass is 410 g/mol. The van der Waals surface area contributed by atoms with Crippen LogP contribution in [0.25, 0.3) is 21.6 Å². The molecule has 3 aromatic rings. The van der Waals surface area contributed by atoms with Crippen molar-refractivity contribution in [3.8, 4) is 10.7 Å². The molecule has 1 amide bonds. The fourth-order valence-corrected chi connectivity index (χ4v) is 4.11. The van der Waals surface area contributed by atoms with Gasteiger partial charge < -0.3 is 14.5 Å². The topological polar surface area (TPSA) is 58.6 Å². The molecule has 0 unspecified atom stereocenters. The number of para-hydroxylation sites is 1. The molecule has 0 saturated carbocycles. The zero-order valence-corrected chi connectivity index (χ0v) is 17.9. The Bertz CT molecular complexity index is 998. The van der Waals surface area contributed by atoms with Gasteiger partial charge in [-0.3, -0.25) is 0 Å². The first-order chi connectivity index (χ1) is 13.9. The van der Waals surface area contributed by atoms with E-state index >= 15 is 0 Å². The first kappa shape index (κ1) is 19.6. The molecular weight excluding hydrogens is 384 g/mol. The number of thiophene rings is 1. The highest BCUT2D eigenvalue weighted by Crippen LogP contribution is 2.30. The molecule has 4 rings (SSSR count). The van der Waals surface area contributed by atoms with Crippen LogP contribution in [0.5, 0.6) is 0 Å². The normalized spacial score (nSPS) is 15.4. The predicted octanol–water partition coefficient (Wildman–Crippen LogP) is 4.81. The molecule has 1 saturated heterocycles. The van der Waals surface area contributed by atoms with E-state index in [-0.39, 0.29) is 6.09 Å². The van der Waals surface area contributed by atoms with Gasteiger partial charge in [0.25, 0.3) is 0 Å². The van der Waals surface area contributed by atoms with E-state index in [0.717, 1.165) is 40.4 Å². The van der Waals surface area contributed by atoms with E-state index in [1.165, 1.54) is 0 Å². The summed E-state index contributed by atoms with van der Waals surface area (Å²) in [5, 5.41) is 3.08. The van der Waals surface area contributed by atoms with Crippen molar-refractivity contribution >= 4 is 34.2 Å². The molecule has 6 nitrogen and oxygen atoms in total. The van der Waals surface area contributed by atoms with E-state index < -0.39 is 5.60 Å². The number of benzene rings is 1. The number of hydrogen-bond donors (Lipinski definition) is 0. The summed E-state index contributed by atoms with van der Waals surface area (Å²) < 4.78 is 5.56. The number of anilines is 1. The van der Waals surface area contributed by atoms with Gasteiger partial charge in [0.2, 0.25) is 0 Å². The third-order valence-corrected chi connectivity index (χ3v) is 5.64. The van der Waals surface area contributed by atoms with Crippen LogP contribution in [0.15, 0.2) is 41.8 Å². The molecule has 1 aliphatic heterocycles. The quantitative estimate of drug-likeness (QED) is 0.607. The van der Waals surface area contributed by atoms with E-state index in [4.69, 9.17) is 14.7 Å². The van der Waals surface area contributed by atoms with Gasteiger partial charge >= 0.3 is 6.09 Å². The van der Waals surface area contributed by atoms with Crippen LogP contribution in [0.2, 0.25) is 0 Å². The van der Waals surface area contributed by atoms with E-state index in [1.807, 2.05) is 56.5 Å². The summed E-state index contributed by atoms with van der Waals surface area (Å²) in [7, 11) is 0. The maximum absolute atomic E-state index is 12.5. The average molecular weight is 411 g/mol. The highest BCUT2D eigenvalue weighted by atomic mass is 32.1. The number of carbonyl (C=O) groups is 1. The van der Waals surface area contributed by atoms with E-state index in [1.54, 1.807) is 16.2 Å². The van der Waals surface area contributed by atoms with E-state index in [9.17, 15) is 4.79 Å². The molecule has 152 valence electrons. The summed E-state index contributed by atoms with van der Waals surface area (Å²) in [6.07, 6.45) is 0.623. The van der Waals surface area contributed by atoms with Crippen molar-refractivity contribution in [3.63, 3.8) is 0 Å². The van der Waals surface area contributed by atoms with Gasteiger partial charge in [0.1, 0.15) is 11.4 Å². The maximum Gasteiger partial charge on any atom is 0.410 e. The Hall–Kier alpha value is -2.67. The van der Waals surface area contributed by atoms with Gasteiger partial charge in [-0.2, -0.15) is 0 Å². The minimum absolute atomic E-state index is 0.244. The van der Waals surface area contributed by atoms with Gasteiger partial charge in [-0.25, -0.2) is 14.8 Å². The second kappa shape index (κ2) is 7.99. The Balaban J connectivity index is 1.62. The summed E-state index contributed by atoms with van der Waals surface area (Å²) in [4.78, 5) is 27.3. The summed E-state index contributed by atoms with van der Waals surface area (Å²) in [5.41, 5.74) is 0.454. The standard InChI is InChI=1S/C22H26N4O2S/c1-22(2,3)28-21(27)26-12-7-11-25(13-14-26)20-16-8-4-5-9-17(16)23-19(24-20)18-10-6-15-29-18/h4-6,8-10,15H,7,11-14H2,1-3H3. The molecule has 2 aromatic heterocycles. The summed E-state index contributed by atoms with van der Waals surface area (Å²) >= 11 is 1.64. The lowest BCUT2D eigenvalue weighted by molar-refractivity contribution is 0.0263. The number of rotatable bonds is 2. The molecule has 0 radical (unpaired) electrons. The molecule has 0 aliphatic carbocycles. The van der Waals surface area contributed by atoms with Crippen LogP contribution in [0, 0.1) is 0 Å². The number of aromatic nitrogens is 2. The summed E-state index contributed by atoms with van der Waals surface area (Å²) in [6, 6.07) is 12.2. The van der Waals surface area contributed by atoms with Crippen molar-refractivity contribution in [1.29, 1.82) is 0 Å². The van der Waals surface area contributed by atoms with Crippen LogP contribution in [0.1, 0.15) is 27.2 Å². The van der Waals surface area contributed by atoms with Crippen LogP contribution in [-0.2, 0) is 4.74 Å². The van der Waals surface area contributed by atoms with Gasteiger partial charge in [0.15, 0.2) is 5.82 Å². The minimum Gasteiger partial charge on any atom is -0.444 e. The lowest BCUT2D eigenvalue weighted by atomic mass is 10.2. The van der Waals surface area contributed by atoms with Gasteiger partial charge in [-0.05, 0) is 50.8 Å².